The maximum absolute atomic E-state index is 13.9. The lowest BCUT2D eigenvalue weighted by Gasteiger charge is -2.27. The number of aliphatic carboxylic acids is 1. The first-order valence-corrected chi connectivity index (χ1v) is 8.82. The minimum Gasteiger partial charge on any atom is -0.480 e. The van der Waals surface area contributed by atoms with Crippen molar-refractivity contribution in [2.24, 2.45) is 5.92 Å². The van der Waals surface area contributed by atoms with Crippen molar-refractivity contribution < 1.29 is 19.1 Å². The number of nitrogens with zero attached hydrogens (tertiary/aromatic N) is 1. The van der Waals surface area contributed by atoms with Gasteiger partial charge in [0.05, 0.1) is 9.93 Å². The zero-order valence-electron chi connectivity index (χ0n) is 13.0. The Bertz CT molecular complexity index is 718. The molecule has 0 aliphatic carbocycles. The van der Waals surface area contributed by atoms with Crippen LogP contribution in [0.25, 0.3) is 6.08 Å². The molecule has 1 heterocycles. The van der Waals surface area contributed by atoms with Crippen LogP contribution < -0.4 is 0 Å². The predicted octanol–water partition coefficient (Wildman–Crippen LogP) is 4.18. The van der Waals surface area contributed by atoms with Crippen LogP contribution in [-0.2, 0) is 9.59 Å². The van der Waals surface area contributed by atoms with Gasteiger partial charge in [-0.1, -0.05) is 61.9 Å². The summed E-state index contributed by atoms with van der Waals surface area (Å²) >= 11 is 12.1. The topological polar surface area (TPSA) is 57.6 Å². The van der Waals surface area contributed by atoms with Gasteiger partial charge < -0.3 is 5.11 Å². The summed E-state index contributed by atoms with van der Waals surface area (Å²) in [6.07, 6.45) is 1.89. The van der Waals surface area contributed by atoms with Gasteiger partial charge in [-0.3, -0.25) is 9.69 Å². The normalized spacial score (nSPS) is 19.0. The highest BCUT2D eigenvalue weighted by molar-refractivity contribution is 8.26. The molecule has 0 unspecified atom stereocenters. The Labute approximate surface area is 153 Å². The number of carbonyl (C=O) groups excluding carboxylic acids is 1. The van der Waals surface area contributed by atoms with Crippen molar-refractivity contribution in [3.8, 4) is 0 Å². The van der Waals surface area contributed by atoms with Gasteiger partial charge in [0, 0.05) is 5.56 Å². The van der Waals surface area contributed by atoms with E-state index < -0.39 is 23.7 Å². The number of halogens is 2. The number of hydrogen-bond acceptors (Lipinski definition) is 4. The van der Waals surface area contributed by atoms with E-state index in [1.54, 1.807) is 6.92 Å². The summed E-state index contributed by atoms with van der Waals surface area (Å²) in [6, 6.07) is 3.15. The quantitative estimate of drug-likeness (QED) is 0.606. The molecule has 1 aromatic rings. The number of hydrogen-bond donors (Lipinski definition) is 1. The Balaban J connectivity index is 2.42. The van der Waals surface area contributed by atoms with Crippen LogP contribution >= 0.6 is 35.6 Å². The summed E-state index contributed by atoms with van der Waals surface area (Å²) in [5, 5.41) is 9.64. The van der Waals surface area contributed by atoms with Crippen LogP contribution in [-0.4, -0.2) is 32.2 Å². The van der Waals surface area contributed by atoms with Crippen LogP contribution in [0.4, 0.5) is 4.39 Å². The van der Waals surface area contributed by atoms with E-state index in [0.29, 0.717) is 6.42 Å². The summed E-state index contributed by atoms with van der Waals surface area (Å²) in [5.74, 6) is -2.51. The van der Waals surface area contributed by atoms with Crippen LogP contribution in [0.5, 0.6) is 0 Å². The molecule has 1 aliphatic rings. The predicted molar refractivity (Wildman–Crippen MR) is 97.3 cm³/mol. The summed E-state index contributed by atoms with van der Waals surface area (Å²) in [4.78, 5) is 25.5. The van der Waals surface area contributed by atoms with Gasteiger partial charge in [0.2, 0.25) is 0 Å². The number of carboxylic acid groups (broad SMARTS) is 1. The first-order chi connectivity index (χ1) is 11.3. The number of carboxylic acids is 1. The molecule has 128 valence electrons. The fourth-order valence-corrected chi connectivity index (χ4v) is 3.86. The van der Waals surface area contributed by atoms with Gasteiger partial charge >= 0.3 is 5.97 Å². The number of carbonyl (C=O) groups is 2. The van der Waals surface area contributed by atoms with Crippen molar-refractivity contribution >= 4 is 57.9 Å². The molecule has 1 amide bonds. The van der Waals surface area contributed by atoms with E-state index in [9.17, 15) is 19.1 Å². The second kappa shape index (κ2) is 7.63. The number of thiocarbonyl (C=S) groups is 1. The zero-order chi connectivity index (χ0) is 18.0. The smallest absolute Gasteiger partial charge is 0.327 e. The first kappa shape index (κ1) is 18.9. The van der Waals surface area contributed by atoms with Crippen molar-refractivity contribution in [2.75, 3.05) is 0 Å². The minimum absolute atomic E-state index is 0.0788. The second-order valence-corrected chi connectivity index (χ2v) is 7.44. The Kier molecular flexibility index (Phi) is 6.01. The summed E-state index contributed by atoms with van der Waals surface area (Å²) in [7, 11) is 0. The van der Waals surface area contributed by atoms with E-state index in [1.807, 2.05) is 6.92 Å². The SMILES string of the molecule is CC[C@@H](C)[C@@H](C(=O)O)N1C(=O)/C(=C/c2c(F)cccc2Cl)SC1=S. The van der Waals surface area contributed by atoms with Gasteiger partial charge in [0.1, 0.15) is 16.2 Å². The van der Waals surface area contributed by atoms with Gasteiger partial charge in [-0.25, -0.2) is 9.18 Å². The summed E-state index contributed by atoms with van der Waals surface area (Å²) in [5.41, 5.74) is 0.0788. The molecular formula is C16H15ClFNO3S2. The second-order valence-electron chi connectivity index (χ2n) is 5.36. The molecule has 1 saturated heterocycles. The molecule has 4 nitrogen and oxygen atoms in total. The maximum Gasteiger partial charge on any atom is 0.327 e. The van der Waals surface area contributed by atoms with Crippen LogP contribution in [0.2, 0.25) is 5.02 Å². The van der Waals surface area contributed by atoms with Crippen LogP contribution in [0, 0.1) is 11.7 Å². The number of amides is 1. The molecule has 1 N–H and O–H groups in total. The monoisotopic (exact) mass is 387 g/mol. The Morgan fingerprint density at radius 2 is 2.21 bits per heavy atom. The molecule has 1 fully saturated rings. The minimum atomic E-state index is -1.12. The van der Waals surface area contributed by atoms with Crippen molar-refractivity contribution in [3.05, 3.63) is 39.5 Å². The molecule has 0 spiro atoms. The Morgan fingerprint density at radius 1 is 1.54 bits per heavy atom. The average molecular weight is 388 g/mol. The fraction of sp³-hybridized carbons (Fsp3) is 0.312. The van der Waals surface area contributed by atoms with Crippen molar-refractivity contribution in [2.45, 2.75) is 26.3 Å². The third kappa shape index (κ3) is 3.63. The van der Waals surface area contributed by atoms with Gasteiger partial charge in [-0.2, -0.15) is 0 Å². The lowest BCUT2D eigenvalue weighted by Crippen LogP contribution is -2.47. The molecule has 0 saturated carbocycles. The van der Waals surface area contributed by atoms with E-state index in [1.165, 1.54) is 24.3 Å². The van der Waals surface area contributed by atoms with Gasteiger partial charge in [-0.15, -0.1) is 0 Å². The molecule has 1 aliphatic heterocycles. The van der Waals surface area contributed by atoms with Gasteiger partial charge in [0.15, 0.2) is 0 Å². The van der Waals surface area contributed by atoms with Crippen molar-refractivity contribution in [1.82, 2.24) is 4.90 Å². The number of thioether (sulfide) groups is 1. The summed E-state index contributed by atoms with van der Waals surface area (Å²) in [6.45, 7) is 3.59. The molecule has 1 aromatic carbocycles. The van der Waals surface area contributed by atoms with E-state index in [2.05, 4.69) is 0 Å². The highest BCUT2D eigenvalue weighted by Crippen LogP contribution is 2.37. The summed E-state index contributed by atoms with van der Waals surface area (Å²) < 4.78 is 14.0. The highest BCUT2D eigenvalue weighted by atomic mass is 35.5. The first-order valence-electron chi connectivity index (χ1n) is 7.21. The highest BCUT2D eigenvalue weighted by Gasteiger charge is 2.42. The molecule has 24 heavy (non-hydrogen) atoms. The maximum atomic E-state index is 13.9. The Hall–Kier alpha value is -1.44. The third-order valence-corrected chi connectivity index (χ3v) is 5.47. The van der Waals surface area contributed by atoms with Crippen LogP contribution in [0.3, 0.4) is 0 Å². The van der Waals surface area contributed by atoms with Gasteiger partial charge in [-0.05, 0) is 24.1 Å². The number of benzene rings is 1. The van der Waals surface area contributed by atoms with Gasteiger partial charge in [0.25, 0.3) is 5.91 Å². The molecule has 0 aromatic heterocycles. The molecule has 2 atom stereocenters. The average Bonchev–Trinajstić information content (AvgIpc) is 2.78. The molecular weight excluding hydrogens is 373 g/mol. The molecule has 0 bridgehead atoms. The van der Waals surface area contributed by atoms with Crippen molar-refractivity contribution in [1.29, 1.82) is 0 Å². The fourth-order valence-electron chi connectivity index (χ4n) is 2.33. The molecule has 2 rings (SSSR count). The third-order valence-electron chi connectivity index (χ3n) is 3.81. The molecule has 0 radical (unpaired) electrons. The lowest BCUT2D eigenvalue weighted by molar-refractivity contribution is -0.147. The largest absolute Gasteiger partial charge is 0.480 e. The van der Waals surface area contributed by atoms with Crippen molar-refractivity contribution in [3.63, 3.8) is 0 Å². The Morgan fingerprint density at radius 3 is 2.75 bits per heavy atom. The molecule has 8 heteroatoms. The van der Waals surface area contributed by atoms with Crippen LogP contribution in [0.15, 0.2) is 23.1 Å². The van der Waals surface area contributed by atoms with E-state index in [-0.39, 0.29) is 25.7 Å². The zero-order valence-corrected chi connectivity index (χ0v) is 15.3. The standard InChI is InChI=1S/C16H15ClFNO3S2/c1-3-8(2)13(15(21)22)19-14(20)12(24-16(19)23)7-9-10(17)5-4-6-11(9)18/h4-8,13H,3H2,1-2H3,(H,21,22)/b12-7-/t8-,13+/m1/s1. The lowest BCUT2D eigenvalue weighted by atomic mass is 9.98. The van der Waals surface area contributed by atoms with E-state index in [0.717, 1.165) is 16.7 Å². The number of rotatable bonds is 5. The van der Waals surface area contributed by atoms with E-state index >= 15 is 0 Å². The van der Waals surface area contributed by atoms with E-state index in [4.69, 9.17) is 23.8 Å². The van der Waals surface area contributed by atoms with Crippen LogP contribution in [0.1, 0.15) is 25.8 Å².